The summed E-state index contributed by atoms with van der Waals surface area (Å²) in [5, 5.41) is 15.7. The molecule has 1 aromatic heterocycles. The Morgan fingerprint density at radius 3 is 2.44 bits per heavy atom. The van der Waals surface area contributed by atoms with Crippen LogP contribution in [0.2, 0.25) is 0 Å². The number of ketones is 1. The number of phenolic OH excluding ortho intramolecular Hbond substituents is 1. The molecule has 0 unspecified atom stereocenters. The van der Waals surface area contributed by atoms with Crippen molar-refractivity contribution in [3.63, 3.8) is 0 Å². The van der Waals surface area contributed by atoms with E-state index in [0.717, 1.165) is 25.3 Å². The lowest BCUT2D eigenvalue weighted by Crippen LogP contribution is -2.33. The van der Waals surface area contributed by atoms with Gasteiger partial charge in [0.15, 0.2) is 5.78 Å². The standard InChI is InChI=1S/C25H26BrN5O3/c26-22-8-7-20(32)14-21(22)23(33)13-17-15-28-25(29-16-17)30-19-5-3-18(4-6-19)24(34)27-9-12-31-10-1-2-11-31/h3-8,14-16,32H,1-2,9-13H2,(H,27,34)(H,28,29,30). The van der Waals surface area contributed by atoms with Crippen molar-refractivity contribution in [1.82, 2.24) is 20.2 Å². The van der Waals surface area contributed by atoms with Crippen LogP contribution in [0.1, 0.15) is 39.1 Å². The Morgan fingerprint density at radius 1 is 1.03 bits per heavy atom. The number of phenols is 1. The molecule has 1 aliphatic heterocycles. The van der Waals surface area contributed by atoms with Crippen LogP contribution in [-0.4, -0.2) is 57.8 Å². The molecule has 0 saturated carbocycles. The lowest BCUT2D eigenvalue weighted by Gasteiger charge is -2.14. The fraction of sp³-hybridized carbons (Fsp3) is 0.280. The Kier molecular flexibility index (Phi) is 7.87. The van der Waals surface area contributed by atoms with Crippen LogP contribution < -0.4 is 10.6 Å². The average Bonchev–Trinajstić information content (AvgIpc) is 3.36. The molecule has 0 atom stereocenters. The summed E-state index contributed by atoms with van der Waals surface area (Å²) in [6, 6.07) is 11.7. The molecule has 0 aliphatic carbocycles. The van der Waals surface area contributed by atoms with E-state index in [1.165, 1.54) is 25.0 Å². The molecule has 1 amide bonds. The number of carbonyl (C=O) groups excluding carboxylic acids is 2. The second kappa shape index (κ2) is 11.2. The van der Waals surface area contributed by atoms with E-state index in [-0.39, 0.29) is 23.9 Å². The van der Waals surface area contributed by atoms with E-state index >= 15 is 0 Å². The topological polar surface area (TPSA) is 107 Å². The molecule has 9 heteroatoms. The first-order valence-corrected chi connectivity index (χ1v) is 12.0. The van der Waals surface area contributed by atoms with Gasteiger partial charge in [0.2, 0.25) is 5.95 Å². The number of aromatic hydroxyl groups is 1. The smallest absolute Gasteiger partial charge is 0.251 e. The highest BCUT2D eigenvalue weighted by Crippen LogP contribution is 2.23. The normalized spacial score (nSPS) is 13.6. The summed E-state index contributed by atoms with van der Waals surface area (Å²) in [6.45, 7) is 3.76. The zero-order valence-corrected chi connectivity index (χ0v) is 20.2. The van der Waals surface area contributed by atoms with Crippen LogP contribution in [0.15, 0.2) is 59.3 Å². The summed E-state index contributed by atoms with van der Waals surface area (Å²) >= 11 is 3.33. The average molecular weight is 524 g/mol. The Bertz CT molecular complexity index is 1150. The summed E-state index contributed by atoms with van der Waals surface area (Å²) in [5.41, 5.74) is 2.41. The van der Waals surface area contributed by atoms with E-state index in [0.29, 0.717) is 33.7 Å². The van der Waals surface area contributed by atoms with E-state index in [4.69, 9.17) is 0 Å². The molecule has 0 radical (unpaired) electrons. The maximum Gasteiger partial charge on any atom is 0.251 e. The van der Waals surface area contributed by atoms with E-state index in [1.54, 1.807) is 42.7 Å². The van der Waals surface area contributed by atoms with E-state index < -0.39 is 0 Å². The summed E-state index contributed by atoms with van der Waals surface area (Å²) in [7, 11) is 0. The largest absolute Gasteiger partial charge is 0.508 e. The molecule has 1 aliphatic rings. The maximum absolute atomic E-state index is 12.5. The van der Waals surface area contributed by atoms with Crippen molar-refractivity contribution in [2.24, 2.45) is 0 Å². The van der Waals surface area contributed by atoms with Gasteiger partial charge in [-0.25, -0.2) is 9.97 Å². The first-order valence-electron chi connectivity index (χ1n) is 11.2. The monoisotopic (exact) mass is 523 g/mol. The number of carbonyl (C=O) groups is 2. The van der Waals surface area contributed by atoms with Gasteiger partial charge in [-0.3, -0.25) is 9.59 Å². The second-order valence-electron chi connectivity index (χ2n) is 8.19. The summed E-state index contributed by atoms with van der Waals surface area (Å²) in [4.78, 5) is 35.8. The summed E-state index contributed by atoms with van der Waals surface area (Å²) < 4.78 is 0.623. The first-order chi connectivity index (χ1) is 16.5. The van der Waals surface area contributed by atoms with Gasteiger partial charge in [0.1, 0.15) is 5.75 Å². The summed E-state index contributed by atoms with van der Waals surface area (Å²) in [5.74, 6) is 0.182. The van der Waals surface area contributed by atoms with Crippen molar-refractivity contribution in [2.75, 3.05) is 31.5 Å². The van der Waals surface area contributed by atoms with Crippen LogP contribution in [0.5, 0.6) is 5.75 Å². The highest BCUT2D eigenvalue weighted by Gasteiger charge is 2.13. The number of likely N-dealkylation sites (tertiary alicyclic amines) is 1. The van der Waals surface area contributed by atoms with Gasteiger partial charge in [-0.15, -0.1) is 0 Å². The predicted octanol–water partition coefficient (Wildman–Crippen LogP) is 3.94. The third kappa shape index (κ3) is 6.39. The van der Waals surface area contributed by atoms with Crippen molar-refractivity contribution in [3.05, 3.63) is 76.0 Å². The van der Waals surface area contributed by atoms with Crippen molar-refractivity contribution in [3.8, 4) is 5.75 Å². The van der Waals surface area contributed by atoms with Crippen LogP contribution >= 0.6 is 15.9 Å². The maximum atomic E-state index is 12.5. The molecule has 3 aromatic rings. The highest BCUT2D eigenvalue weighted by molar-refractivity contribution is 9.10. The van der Waals surface area contributed by atoms with Gasteiger partial charge in [0.05, 0.1) is 0 Å². The van der Waals surface area contributed by atoms with Gasteiger partial charge in [-0.1, -0.05) is 15.9 Å². The first kappa shape index (κ1) is 23.8. The number of anilines is 2. The zero-order chi connectivity index (χ0) is 23.9. The van der Waals surface area contributed by atoms with Gasteiger partial charge >= 0.3 is 0 Å². The Labute approximate surface area is 206 Å². The number of aromatic nitrogens is 2. The molecule has 0 spiro atoms. The molecule has 2 aromatic carbocycles. The molecule has 0 bridgehead atoms. The van der Waals surface area contributed by atoms with Gasteiger partial charge in [0, 0.05) is 53.2 Å². The van der Waals surface area contributed by atoms with Gasteiger partial charge in [-0.05, 0) is 74.0 Å². The molecule has 176 valence electrons. The number of amides is 1. The molecular formula is C25H26BrN5O3. The molecule has 1 saturated heterocycles. The van der Waals surface area contributed by atoms with Crippen LogP contribution in [-0.2, 0) is 6.42 Å². The molecule has 2 heterocycles. The van der Waals surface area contributed by atoms with Crippen LogP contribution in [0.3, 0.4) is 0 Å². The Balaban J connectivity index is 1.28. The predicted molar refractivity (Wildman–Crippen MR) is 134 cm³/mol. The van der Waals surface area contributed by atoms with E-state index in [2.05, 4.69) is 41.4 Å². The van der Waals surface area contributed by atoms with Crippen molar-refractivity contribution < 1.29 is 14.7 Å². The lowest BCUT2D eigenvalue weighted by molar-refractivity contribution is 0.0948. The molecule has 1 fully saturated rings. The minimum Gasteiger partial charge on any atom is -0.508 e. The van der Waals surface area contributed by atoms with E-state index in [1.807, 2.05) is 0 Å². The molecule has 4 rings (SSSR count). The molecule has 8 nitrogen and oxygen atoms in total. The molecule has 3 N–H and O–H groups in total. The number of halogens is 1. The third-order valence-electron chi connectivity index (χ3n) is 5.64. The summed E-state index contributed by atoms with van der Waals surface area (Å²) in [6.07, 6.45) is 5.77. The minimum atomic E-state index is -0.152. The van der Waals surface area contributed by atoms with Gasteiger partial charge in [0.25, 0.3) is 5.91 Å². The van der Waals surface area contributed by atoms with E-state index in [9.17, 15) is 14.7 Å². The fourth-order valence-corrected chi connectivity index (χ4v) is 4.26. The van der Waals surface area contributed by atoms with Gasteiger partial charge < -0.3 is 20.6 Å². The highest BCUT2D eigenvalue weighted by atomic mass is 79.9. The van der Waals surface area contributed by atoms with Crippen molar-refractivity contribution in [2.45, 2.75) is 19.3 Å². The molecule has 34 heavy (non-hydrogen) atoms. The SMILES string of the molecule is O=C(NCCN1CCCC1)c1ccc(Nc2ncc(CC(=O)c3cc(O)ccc3Br)cn2)cc1. The third-order valence-corrected chi connectivity index (χ3v) is 6.33. The minimum absolute atomic E-state index is 0.0351. The number of nitrogens with zero attached hydrogens (tertiary/aromatic N) is 3. The van der Waals surface area contributed by atoms with Crippen LogP contribution in [0, 0.1) is 0 Å². The quantitative estimate of drug-likeness (QED) is 0.364. The van der Waals surface area contributed by atoms with Crippen molar-refractivity contribution >= 4 is 39.3 Å². The van der Waals surface area contributed by atoms with Crippen LogP contribution in [0.4, 0.5) is 11.6 Å². The Hall–Kier alpha value is -3.30. The number of benzene rings is 2. The zero-order valence-electron chi connectivity index (χ0n) is 18.6. The second-order valence-corrected chi connectivity index (χ2v) is 9.04. The van der Waals surface area contributed by atoms with Gasteiger partial charge in [-0.2, -0.15) is 0 Å². The molecular weight excluding hydrogens is 498 g/mol. The number of Topliss-reactive ketones (excluding diaryl/α,β-unsaturated/α-hetero) is 1. The fourth-order valence-electron chi connectivity index (χ4n) is 3.79. The lowest BCUT2D eigenvalue weighted by atomic mass is 10.0. The van der Waals surface area contributed by atoms with Crippen LogP contribution in [0.25, 0.3) is 0 Å². The Morgan fingerprint density at radius 2 is 1.74 bits per heavy atom. The number of hydrogen-bond donors (Lipinski definition) is 3. The van der Waals surface area contributed by atoms with Crippen molar-refractivity contribution in [1.29, 1.82) is 0 Å². The number of hydrogen-bond acceptors (Lipinski definition) is 7. The number of nitrogens with one attached hydrogen (secondary N) is 2. The number of rotatable bonds is 9.